The number of carbonyl (C=O) groups is 1. The van der Waals surface area contributed by atoms with Crippen molar-refractivity contribution in [1.29, 1.82) is 0 Å². The number of ether oxygens (including phenoxy) is 2. The highest BCUT2D eigenvalue weighted by Crippen LogP contribution is 2.26. The highest BCUT2D eigenvalue weighted by atomic mass is 32.2. The van der Waals surface area contributed by atoms with Gasteiger partial charge in [-0.1, -0.05) is 12.1 Å². The first kappa shape index (κ1) is 15.4. The summed E-state index contributed by atoms with van der Waals surface area (Å²) >= 11 is 1.17. The van der Waals surface area contributed by atoms with E-state index in [9.17, 15) is 9.18 Å². The first-order valence-electron chi connectivity index (χ1n) is 6.27. The molecule has 0 spiro atoms. The molecule has 2 aromatic rings. The molecular formula is C16H15FO3S. The van der Waals surface area contributed by atoms with Gasteiger partial charge in [-0.25, -0.2) is 4.39 Å². The highest BCUT2D eigenvalue weighted by molar-refractivity contribution is 8.00. The van der Waals surface area contributed by atoms with E-state index in [1.807, 2.05) is 0 Å². The molecule has 0 aliphatic heterocycles. The van der Waals surface area contributed by atoms with Gasteiger partial charge in [0, 0.05) is 16.5 Å². The van der Waals surface area contributed by atoms with Crippen molar-refractivity contribution >= 4 is 17.5 Å². The van der Waals surface area contributed by atoms with E-state index in [4.69, 9.17) is 9.47 Å². The van der Waals surface area contributed by atoms with Crippen molar-refractivity contribution in [3.05, 3.63) is 53.8 Å². The number of ketones is 1. The third kappa shape index (κ3) is 3.98. The van der Waals surface area contributed by atoms with Crippen LogP contribution >= 0.6 is 11.8 Å². The monoisotopic (exact) mass is 306 g/mol. The van der Waals surface area contributed by atoms with Gasteiger partial charge in [-0.2, -0.15) is 0 Å². The maximum atomic E-state index is 13.5. The summed E-state index contributed by atoms with van der Waals surface area (Å²) in [5.74, 6) is 0.818. The van der Waals surface area contributed by atoms with Crippen molar-refractivity contribution in [1.82, 2.24) is 0 Å². The van der Waals surface area contributed by atoms with Gasteiger partial charge in [0.2, 0.25) is 0 Å². The van der Waals surface area contributed by atoms with Crippen molar-refractivity contribution in [2.75, 3.05) is 20.0 Å². The van der Waals surface area contributed by atoms with E-state index in [2.05, 4.69) is 0 Å². The Morgan fingerprint density at radius 3 is 2.29 bits per heavy atom. The molecule has 0 bridgehead atoms. The van der Waals surface area contributed by atoms with Gasteiger partial charge in [-0.05, 0) is 24.3 Å². The van der Waals surface area contributed by atoms with Crippen LogP contribution in [-0.4, -0.2) is 25.8 Å². The van der Waals surface area contributed by atoms with Crippen molar-refractivity contribution in [3.63, 3.8) is 0 Å². The molecule has 3 nitrogen and oxygen atoms in total. The van der Waals surface area contributed by atoms with Gasteiger partial charge in [0.25, 0.3) is 0 Å². The lowest BCUT2D eigenvalue weighted by atomic mass is 10.1. The summed E-state index contributed by atoms with van der Waals surface area (Å²) in [7, 11) is 3.05. The average Bonchev–Trinajstić information content (AvgIpc) is 2.53. The zero-order valence-corrected chi connectivity index (χ0v) is 12.6. The third-order valence-electron chi connectivity index (χ3n) is 2.87. The van der Waals surface area contributed by atoms with E-state index < -0.39 is 0 Å². The molecule has 0 heterocycles. The second kappa shape index (κ2) is 7.13. The minimum absolute atomic E-state index is 0.111. The van der Waals surface area contributed by atoms with Gasteiger partial charge in [0.15, 0.2) is 5.78 Å². The number of methoxy groups -OCH3 is 2. The van der Waals surface area contributed by atoms with Crippen LogP contribution in [-0.2, 0) is 0 Å². The molecule has 0 aliphatic rings. The summed E-state index contributed by atoms with van der Waals surface area (Å²) in [4.78, 5) is 12.7. The van der Waals surface area contributed by atoms with Crippen molar-refractivity contribution in [2.24, 2.45) is 0 Å². The van der Waals surface area contributed by atoms with Crippen molar-refractivity contribution < 1.29 is 18.7 Å². The van der Waals surface area contributed by atoms with Crippen LogP contribution in [0.1, 0.15) is 10.4 Å². The predicted molar refractivity (Wildman–Crippen MR) is 81.0 cm³/mol. The largest absolute Gasteiger partial charge is 0.497 e. The number of thioether (sulfide) groups is 1. The Morgan fingerprint density at radius 1 is 1.10 bits per heavy atom. The molecule has 0 unspecified atom stereocenters. The van der Waals surface area contributed by atoms with Gasteiger partial charge in [0.05, 0.1) is 20.0 Å². The number of carbonyl (C=O) groups excluding carboxylic acids is 1. The summed E-state index contributed by atoms with van der Waals surface area (Å²) in [6.07, 6.45) is 0. The Labute approximate surface area is 127 Å². The molecule has 0 aromatic heterocycles. The van der Waals surface area contributed by atoms with Gasteiger partial charge >= 0.3 is 0 Å². The Kier molecular flexibility index (Phi) is 5.22. The lowest BCUT2D eigenvalue weighted by Crippen LogP contribution is -2.03. The molecule has 0 saturated heterocycles. The molecule has 0 N–H and O–H groups in total. The van der Waals surface area contributed by atoms with E-state index in [0.717, 1.165) is 0 Å². The summed E-state index contributed by atoms with van der Waals surface area (Å²) in [5, 5.41) is 0. The molecule has 0 atom stereocenters. The number of Topliss-reactive ketones (excluding diaryl/α,β-unsaturated/α-hetero) is 1. The SMILES string of the molecule is COc1cc(OC)cc(C(=O)CSc2ccccc2F)c1. The van der Waals surface area contributed by atoms with Gasteiger partial charge < -0.3 is 9.47 Å². The van der Waals surface area contributed by atoms with Crippen LogP contribution in [0, 0.1) is 5.82 Å². The van der Waals surface area contributed by atoms with Gasteiger partial charge in [-0.15, -0.1) is 11.8 Å². The Hall–Kier alpha value is -2.01. The topological polar surface area (TPSA) is 35.5 Å². The second-order valence-electron chi connectivity index (χ2n) is 4.24. The van der Waals surface area contributed by atoms with Crippen LogP contribution in [0.5, 0.6) is 11.5 Å². The summed E-state index contributed by atoms with van der Waals surface area (Å²) in [5.41, 5.74) is 0.482. The van der Waals surface area contributed by atoms with Crippen LogP contribution in [0.3, 0.4) is 0 Å². The van der Waals surface area contributed by atoms with Crippen LogP contribution in [0.25, 0.3) is 0 Å². The molecule has 21 heavy (non-hydrogen) atoms. The molecule has 110 valence electrons. The molecule has 0 fully saturated rings. The lowest BCUT2D eigenvalue weighted by molar-refractivity contribution is 0.102. The third-order valence-corrected chi connectivity index (χ3v) is 3.92. The van der Waals surface area contributed by atoms with Crippen LogP contribution in [0.15, 0.2) is 47.4 Å². The zero-order chi connectivity index (χ0) is 15.2. The number of rotatable bonds is 6. The van der Waals surface area contributed by atoms with E-state index in [1.54, 1.807) is 36.4 Å². The molecular weight excluding hydrogens is 291 g/mol. The standard InChI is InChI=1S/C16H15FO3S/c1-19-12-7-11(8-13(9-12)20-2)15(18)10-21-16-6-4-3-5-14(16)17/h3-9H,10H2,1-2H3. The lowest BCUT2D eigenvalue weighted by Gasteiger charge is -2.08. The maximum absolute atomic E-state index is 13.5. The van der Waals surface area contributed by atoms with Crippen molar-refractivity contribution in [3.8, 4) is 11.5 Å². The molecule has 5 heteroatoms. The molecule has 2 rings (SSSR count). The molecule has 0 amide bonds. The Morgan fingerprint density at radius 2 is 1.71 bits per heavy atom. The number of halogens is 1. The highest BCUT2D eigenvalue weighted by Gasteiger charge is 2.11. The molecule has 0 radical (unpaired) electrons. The molecule has 0 aliphatic carbocycles. The van der Waals surface area contributed by atoms with E-state index in [1.165, 1.54) is 32.0 Å². The number of benzene rings is 2. The fourth-order valence-electron chi connectivity index (χ4n) is 1.76. The Bertz CT molecular complexity index is 621. The summed E-state index contributed by atoms with van der Waals surface area (Å²) < 4.78 is 23.8. The average molecular weight is 306 g/mol. The smallest absolute Gasteiger partial charge is 0.173 e. The fraction of sp³-hybridized carbons (Fsp3) is 0.188. The number of hydrogen-bond donors (Lipinski definition) is 0. The first-order chi connectivity index (χ1) is 10.1. The van der Waals surface area contributed by atoms with Crippen LogP contribution < -0.4 is 9.47 Å². The minimum atomic E-state index is -0.321. The van der Waals surface area contributed by atoms with Gasteiger partial charge in [0.1, 0.15) is 17.3 Å². The molecule has 0 saturated carbocycles. The quantitative estimate of drug-likeness (QED) is 0.600. The maximum Gasteiger partial charge on any atom is 0.173 e. The summed E-state index contributed by atoms with van der Waals surface area (Å²) in [6.45, 7) is 0. The van der Waals surface area contributed by atoms with Crippen LogP contribution in [0.4, 0.5) is 4.39 Å². The summed E-state index contributed by atoms with van der Waals surface area (Å²) in [6, 6.07) is 11.4. The zero-order valence-electron chi connectivity index (χ0n) is 11.8. The van der Waals surface area contributed by atoms with Crippen molar-refractivity contribution in [2.45, 2.75) is 4.90 Å². The van der Waals surface area contributed by atoms with E-state index >= 15 is 0 Å². The molecule has 2 aromatic carbocycles. The second-order valence-corrected chi connectivity index (χ2v) is 5.26. The normalized spacial score (nSPS) is 10.2. The van der Waals surface area contributed by atoms with E-state index in [-0.39, 0.29) is 17.4 Å². The number of hydrogen-bond acceptors (Lipinski definition) is 4. The van der Waals surface area contributed by atoms with Gasteiger partial charge in [-0.3, -0.25) is 4.79 Å². The minimum Gasteiger partial charge on any atom is -0.497 e. The first-order valence-corrected chi connectivity index (χ1v) is 7.26. The van der Waals surface area contributed by atoms with Crippen LogP contribution in [0.2, 0.25) is 0 Å². The van der Waals surface area contributed by atoms with E-state index in [0.29, 0.717) is 22.0 Å². The Balaban J connectivity index is 2.11. The fourth-order valence-corrected chi connectivity index (χ4v) is 2.59. The predicted octanol–water partition coefficient (Wildman–Crippen LogP) is 3.82.